The Bertz CT molecular complexity index is 610. The fourth-order valence-corrected chi connectivity index (χ4v) is 1.85. The van der Waals surface area contributed by atoms with E-state index in [9.17, 15) is 4.79 Å². The lowest BCUT2D eigenvalue weighted by atomic mass is 10.1. The summed E-state index contributed by atoms with van der Waals surface area (Å²) >= 11 is 5.80. The van der Waals surface area contributed by atoms with Gasteiger partial charge < -0.3 is 9.84 Å². The minimum atomic E-state index is -1.09. The van der Waals surface area contributed by atoms with Crippen LogP contribution in [-0.4, -0.2) is 22.2 Å². The summed E-state index contributed by atoms with van der Waals surface area (Å²) in [4.78, 5) is 15.0. The number of hydrogen-bond donors (Lipinski definition) is 1. The number of ether oxygens (including phenoxy) is 1. The number of rotatable bonds is 3. The number of halogens is 1. The number of carbonyl (C=O) groups is 1. The molecule has 0 radical (unpaired) electrons. The van der Waals surface area contributed by atoms with E-state index in [4.69, 9.17) is 21.4 Å². The SMILES string of the molecule is CC(C)Oc1ccc2nc(Cl)c(C(=O)O)cc2c1. The molecule has 1 aromatic carbocycles. The molecule has 0 aliphatic carbocycles. The molecule has 94 valence electrons. The topological polar surface area (TPSA) is 59.4 Å². The van der Waals surface area contributed by atoms with Gasteiger partial charge in [0.25, 0.3) is 0 Å². The molecule has 0 saturated heterocycles. The highest BCUT2D eigenvalue weighted by atomic mass is 35.5. The highest BCUT2D eigenvalue weighted by molar-refractivity contribution is 6.32. The standard InChI is InChI=1S/C13H12ClNO3/c1-7(2)18-9-3-4-11-8(5-9)6-10(13(16)17)12(14)15-11/h3-7H,1-2H3,(H,16,17). The molecule has 1 N–H and O–H groups in total. The molecular formula is C13H12ClNO3. The molecule has 0 aliphatic rings. The Hall–Kier alpha value is -1.81. The minimum absolute atomic E-state index is 0.00692. The Morgan fingerprint density at radius 3 is 2.72 bits per heavy atom. The highest BCUT2D eigenvalue weighted by Crippen LogP contribution is 2.24. The molecule has 5 heteroatoms. The van der Waals surface area contributed by atoms with Gasteiger partial charge in [0.1, 0.15) is 10.9 Å². The van der Waals surface area contributed by atoms with E-state index >= 15 is 0 Å². The molecule has 1 aromatic heterocycles. The van der Waals surface area contributed by atoms with Gasteiger partial charge in [-0.1, -0.05) is 11.6 Å². The van der Waals surface area contributed by atoms with Gasteiger partial charge in [0.15, 0.2) is 0 Å². The summed E-state index contributed by atoms with van der Waals surface area (Å²) in [6.07, 6.45) is 0.0571. The Morgan fingerprint density at radius 1 is 1.39 bits per heavy atom. The van der Waals surface area contributed by atoms with Gasteiger partial charge in [-0.25, -0.2) is 9.78 Å². The van der Waals surface area contributed by atoms with Gasteiger partial charge in [0, 0.05) is 5.39 Å². The van der Waals surface area contributed by atoms with Crippen molar-refractivity contribution in [3.05, 3.63) is 35.0 Å². The van der Waals surface area contributed by atoms with E-state index in [1.165, 1.54) is 6.07 Å². The van der Waals surface area contributed by atoms with Gasteiger partial charge in [0.05, 0.1) is 17.2 Å². The van der Waals surface area contributed by atoms with E-state index in [2.05, 4.69) is 4.98 Å². The largest absolute Gasteiger partial charge is 0.491 e. The molecule has 0 unspecified atom stereocenters. The van der Waals surface area contributed by atoms with Crippen LogP contribution in [0.1, 0.15) is 24.2 Å². The van der Waals surface area contributed by atoms with Gasteiger partial charge in [-0.2, -0.15) is 0 Å². The van der Waals surface area contributed by atoms with Gasteiger partial charge >= 0.3 is 5.97 Å². The normalized spacial score (nSPS) is 10.9. The summed E-state index contributed by atoms with van der Waals surface area (Å²) in [6, 6.07) is 6.79. The third-order valence-electron chi connectivity index (χ3n) is 2.34. The van der Waals surface area contributed by atoms with Gasteiger partial charge in [0.2, 0.25) is 0 Å². The Morgan fingerprint density at radius 2 is 2.11 bits per heavy atom. The second-order valence-electron chi connectivity index (χ2n) is 4.15. The molecule has 0 saturated carbocycles. The average Bonchev–Trinajstić information content (AvgIpc) is 2.27. The Balaban J connectivity index is 2.54. The molecular weight excluding hydrogens is 254 g/mol. The van der Waals surface area contributed by atoms with Gasteiger partial charge in [-0.05, 0) is 38.1 Å². The van der Waals surface area contributed by atoms with Crippen LogP contribution in [0, 0.1) is 0 Å². The van der Waals surface area contributed by atoms with Crippen molar-refractivity contribution in [3.8, 4) is 5.75 Å². The van der Waals surface area contributed by atoms with Crippen molar-refractivity contribution >= 4 is 28.5 Å². The molecule has 2 rings (SSSR count). The highest BCUT2D eigenvalue weighted by Gasteiger charge is 2.12. The number of hydrogen-bond acceptors (Lipinski definition) is 3. The molecule has 18 heavy (non-hydrogen) atoms. The molecule has 0 spiro atoms. The lowest BCUT2D eigenvalue weighted by Gasteiger charge is -2.10. The molecule has 0 amide bonds. The van der Waals surface area contributed by atoms with Crippen LogP contribution < -0.4 is 4.74 Å². The van der Waals surface area contributed by atoms with Crippen LogP contribution >= 0.6 is 11.6 Å². The zero-order valence-electron chi connectivity index (χ0n) is 9.98. The second-order valence-corrected chi connectivity index (χ2v) is 4.51. The van der Waals surface area contributed by atoms with Crippen molar-refractivity contribution in [1.82, 2.24) is 4.98 Å². The zero-order valence-corrected chi connectivity index (χ0v) is 10.7. The van der Waals surface area contributed by atoms with Crippen LogP contribution in [0.3, 0.4) is 0 Å². The van der Waals surface area contributed by atoms with Gasteiger partial charge in [-0.3, -0.25) is 0 Å². The van der Waals surface area contributed by atoms with Gasteiger partial charge in [-0.15, -0.1) is 0 Å². The molecule has 0 atom stereocenters. The summed E-state index contributed by atoms with van der Waals surface area (Å²) in [5.74, 6) is -0.414. The fourth-order valence-electron chi connectivity index (χ4n) is 1.63. The summed E-state index contributed by atoms with van der Waals surface area (Å²) in [5.41, 5.74) is 0.631. The van der Waals surface area contributed by atoms with Crippen LogP contribution in [0.25, 0.3) is 10.9 Å². The number of aromatic nitrogens is 1. The second kappa shape index (κ2) is 4.82. The lowest BCUT2D eigenvalue weighted by Crippen LogP contribution is -2.05. The van der Waals surface area contributed by atoms with Crippen LogP contribution in [0.15, 0.2) is 24.3 Å². The van der Waals surface area contributed by atoms with Crippen LogP contribution in [0.4, 0.5) is 0 Å². The summed E-state index contributed by atoms with van der Waals surface area (Å²) in [7, 11) is 0. The zero-order chi connectivity index (χ0) is 13.3. The monoisotopic (exact) mass is 265 g/mol. The number of carboxylic acids is 1. The summed E-state index contributed by atoms with van der Waals surface area (Å²) in [5, 5.41) is 9.67. The molecule has 0 fully saturated rings. The number of pyridine rings is 1. The van der Waals surface area contributed by atoms with Crippen molar-refractivity contribution in [3.63, 3.8) is 0 Å². The van der Waals surface area contributed by atoms with Crippen LogP contribution in [0.5, 0.6) is 5.75 Å². The van der Waals surface area contributed by atoms with Crippen LogP contribution in [0.2, 0.25) is 5.15 Å². The van der Waals surface area contributed by atoms with E-state index in [0.717, 1.165) is 0 Å². The number of benzene rings is 1. The van der Waals surface area contributed by atoms with Crippen molar-refractivity contribution in [2.24, 2.45) is 0 Å². The maximum absolute atomic E-state index is 11.0. The Kier molecular flexibility index (Phi) is 3.39. The van der Waals surface area contributed by atoms with Crippen molar-refractivity contribution in [1.29, 1.82) is 0 Å². The maximum Gasteiger partial charge on any atom is 0.338 e. The van der Waals surface area contributed by atoms with Crippen molar-refractivity contribution < 1.29 is 14.6 Å². The maximum atomic E-state index is 11.0. The van der Waals surface area contributed by atoms with E-state index in [1.54, 1.807) is 18.2 Å². The first-order valence-electron chi connectivity index (χ1n) is 5.47. The number of nitrogens with zero attached hydrogens (tertiary/aromatic N) is 1. The Labute approximate surface area is 109 Å². The van der Waals surface area contributed by atoms with Crippen molar-refractivity contribution in [2.45, 2.75) is 20.0 Å². The first-order valence-corrected chi connectivity index (χ1v) is 5.85. The lowest BCUT2D eigenvalue weighted by molar-refractivity contribution is 0.0697. The van der Waals surface area contributed by atoms with Crippen molar-refractivity contribution in [2.75, 3.05) is 0 Å². The predicted octanol–water partition coefficient (Wildman–Crippen LogP) is 3.37. The number of aromatic carboxylic acids is 1. The smallest absolute Gasteiger partial charge is 0.338 e. The molecule has 2 aromatic rings. The molecule has 4 nitrogen and oxygen atoms in total. The van der Waals surface area contributed by atoms with E-state index in [-0.39, 0.29) is 16.8 Å². The van der Waals surface area contributed by atoms with E-state index in [0.29, 0.717) is 16.7 Å². The first-order chi connectivity index (χ1) is 8.47. The fraction of sp³-hybridized carbons (Fsp3) is 0.231. The third-order valence-corrected chi connectivity index (χ3v) is 2.63. The first kappa shape index (κ1) is 12.6. The molecule has 0 aliphatic heterocycles. The third kappa shape index (κ3) is 2.54. The molecule has 0 bridgehead atoms. The minimum Gasteiger partial charge on any atom is -0.491 e. The predicted molar refractivity (Wildman–Crippen MR) is 69.5 cm³/mol. The average molecular weight is 266 g/mol. The van der Waals surface area contributed by atoms with Crippen LogP contribution in [-0.2, 0) is 0 Å². The van der Waals surface area contributed by atoms with E-state index < -0.39 is 5.97 Å². The quantitative estimate of drug-likeness (QED) is 0.865. The summed E-state index contributed by atoms with van der Waals surface area (Å²) in [6.45, 7) is 3.85. The number of carboxylic acid groups (broad SMARTS) is 1. The number of fused-ring (bicyclic) bond motifs is 1. The summed E-state index contributed by atoms with van der Waals surface area (Å²) < 4.78 is 5.54. The van der Waals surface area contributed by atoms with E-state index in [1.807, 2.05) is 13.8 Å². The molecule has 1 heterocycles.